The lowest BCUT2D eigenvalue weighted by Gasteiger charge is -1.98. The lowest BCUT2D eigenvalue weighted by molar-refractivity contribution is 0.298. The first-order chi connectivity index (χ1) is 7.70. The van der Waals surface area contributed by atoms with Gasteiger partial charge in [-0.1, -0.05) is 35.4 Å². The number of hydrogen-bond donors (Lipinski definition) is 2. The highest BCUT2D eigenvalue weighted by Gasteiger charge is 2.09. The van der Waals surface area contributed by atoms with Crippen LogP contribution in [-0.4, -0.2) is 21.7 Å². The molecule has 2 aromatic rings. The molecule has 0 unspecified atom stereocenters. The van der Waals surface area contributed by atoms with Gasteiger partial charge < -0.3 is 10.1 Å². The molecule has 0 aliphatic heterocycles. The van der Waals surface area contributed by atoms with Crippen LogP contribution in [0.5, 0.6) is 0 Å². The lowest BCUT2D eigenvalue weighted by Crippen LogP contribution is -1.91. The van der Waals surface area contributed by atoms with Gasteiger partial charge in [-0.05, 0) is 13.0 Å². The number of hydrogen-bond acceptors (Lipinski definition) is 2. The number of benzene rings is 1. The third-order valence-electron chi connectivity index (χ3n) is 2.38. The van der Waals surface area contributed by atoms with Crippen molar-refractivity contribution in [2.45, 2.75) is 13.3 Å². The number of aromatic nitrogens is 2. The second-order valence-electron chi connectivity index (χ2n) is 3.70. The predicted molar refractivity (Wildman–Crippen MR) is 64.6 cm³/mol. The minimum atomic E-state index is 0.0647. The molecule has 2 rings (SSSR count). The zero-order chi connectivity index (χ0) is 11.5. The van der Waals surface area contributed by atoms with Crippen LogP contribution in [0, 0.1) is 6.92 Å². The van der Waals surface area contributed by atoms with Crippen LogP contribution in [0.3, 0.4) is 0 Å². The van der Waals surface area contributed by atoms with Gasteiger partial charge in [0.2, 0.25) is 0 Å². The number of rotatable bonds is 3. The van der Waals surface area contributed by atoms with Crippen LogP contribution in [0.2, 0.25) is 5.15 Å². The molecule has 0 spiro atoms. The molecule has 0 fully saturated rings. The molecule has 0 amide bonds. The summed E-state index contributed by atoms with van der Waals surface area (Å²) in [5.74, 6) is 0.747. The van der Waals surface area contributed by atoms with Crippen LogP contribution in [-0.2, 0) is 6.42 Å². The van der Waals surface area contributed by atoms with Gasteiger partial charge in [-0.25, -0.2) is 4.98 Å². The van der Waals surface area contributed by atoms with E-state index in [2.05, 4.69) is 9.97 Å². The molecule has 0 atom stereocenters. The van der Waals surface area contributed by atoms with Gasteiger partial charge in [0.1, 0.15) is 5.82 Å². The van der Waals surface area contributed by atoms with Crippen LogP contribution in [0.15, 0.2) is 24.3 Å². The molecule has 1 heterocycles. The van der Waals surface area contributed by atoms with Crippen LogP contribution >= 0.6 is 11.6 Å². The van der Waals surface area contributed by atoms with Crippen molar-refractivity contribution >= 4 is 11.6 Å². The second-order valence-corrected chi connectivity index (χ2v) is 4.06. The molecule has 4 heteroatoms. The third-order valence-corrected chi connectivity index (χ3v) is 2.69. The average molecular weight is 237 g/mol. The van der Waals surface area contributed by atoms with Gasteiger partial charge in [0.05, 0.1) is 5.69 Å². The van der Waals surface area contributed by atoms with Gasteiger partial charge >= 0.3 is 0 Å². The molecule has 1 aromatic heterocycles. The Morgan fingerprint density at radius 2 is 2.25 bits per heavy atom. The minimum Gasteiger partial charge on any atom is -0.396 e. The molecule has 2 N–H and O–H groups in total. The number of aliphatic hydroxyl groups is 1. The fourth-order valence-electron chi connectivity index (χ4n) is 1.59. The Bertz CT molecular complexity index is 494. The molecule has 3 nitrogen and oxygen atoms in total. The standard InChI is InChI=1S/C12H13ClN2O/c1-8-3-2-4-9(7-8)12-14-10(5-6-16)11(13)15-12/h2-4,7,16H,5-6H2,1H3,(H,14,15). The maximum atomic E-state index is 8.86. The van der Waals surface area contributed by atoms with Crippen molar-refractivity contribution in [3.05, 3.63) is 40.7 Å². The van der Waals surface area contributed by atoms with Crippen molar-refractivity contribution in [3.8, 4) is 11.4 Å². The molecule has 0 saturated heterocycles. The van der Waals surface area contributed by atoms with Crippen molar-refractivity contribution in [1.29, 1.82) is 0 Å². The quantitative estimate of drug-likeness (QED) is 0.861. The summed E-state index contributed by atoms with van der Waals surface area (Å²) >= 11 is 5.96. The first kappa shape index (κ1) is 11.2. The van der Waals surface area contributed by atoms with E-state index in [1.54, 1.807) is 0 Å². The van der Waals surface area contributed by atoms with Gasteiger partial charge in [0.15, 0.2) is 5.15 Å². The highest BCUT2D eigenvalue weighted by atomic mass is 35.5. The Labute approximate surface area is 99.1 Å². The van der Waals surface area contributed by atoms with Crippen LogP contribution in [0.25, 0.3) is 11.4 Å². The van der Waals surface area contributed by atoms with E-state index in [4.69, 9.17) is 16.7 Å². The monoisotopic (exact) mass is 236 g/mol. The lowest BCUT2D eigenvalue weighted by atomic mass is 10.1. The summed E-state index contributed by atoms with van der Waals surface area (Å²) in [6.07, 6.45) is 0.498. The Balaban J connectivity index is 2.37. The van der Waals surface area contributed by atoms with Crippen molar-refractivity contribution in [2.75, 3.05) is 6.61 Å². The summed E-state index contributed by atoms with van der Waals surface area (Å²) in [5, 5.41) is 9.30. The molecule has 84 valence electrons. The first-order valence-electron chi connectivity index (χ1n) is 5.13. The minimum absolute atomic E-state index is 0.0647. The Morgan fingerprint density at radius 3 is 2.94 bits per heavy atom. The van der Waals surface area contributed by atoms with Gasteiger partial charge in [0.25, 0.3) is 0 Å². The fourth-order valence-corrected chi connectivity index (χ4v) is 1.82. The van der Waals surface area contributed by atoms with Crippen LogP contribution < -0.4 is 0 Å². The maximum absolute atomic E-state index is 8.86. The average Bonchev–Trinajstić information content (AvgIpc) is 2.61. The summed E-state index contributed by atoms with van der Waals surface area (Å²) < 4.78 is 0. The number of H-pyrrole nitrogens is 1. The molecule has 0 saturated carbocycles. The Kier molecular flexibility index (Phi) is 3.27. The molecule has 0 aliphatic carbocycles. The summed E-state index contributed by atoms with van der Waals surface area (Å²) in [7, 11) is 0. The number of nitrogens with zero attached hydrogens (tertiary/aromatic N) is 1. The first-order valence-corrected chi connectivity index (χ1v) is 5.51. The highest BCUT2D eigenvalue weighted by molar-refractivity contribution is 6.30. The number of halogens is 1. The number of aryl methyl sites for hydroxylation is 1. The van der Waals surface area contributed by atoms with Crippen LogP contribution in [0.4, 0.5) is 0 Å². The number of aromatic amines is 1. The third kappa shape index (κ3) is 2.26. The predicted octanol–water partition coefficient (Wildman–Crippen LogP) is 2.57. The van der Waals surface area contributed by atoms with Crippen molar-refractivity contribution < 1.29 is 5.11 Å². The number of aliphatic hydroxyl groups excluding tert-OH is 1. The Morgan fingerprint density at radius 1 is 1.44 bits per heavy atom. The summed E-state index contributed by atoms with van der Waals surface area (Å²) in [6.45, 7) is 2.10. The van der Waals surface area contributed by atoms with E-state index in [1.807, 2.05) is 31.2 Å². The second kappa shape index (κ2) is 4.68. The molecular formula is C12H13ClN2O. The maximum Gasteiger partial charge on any atom is 0.150 e. The zero-order valence-corrected chi connectivity index (χ0v) is 9.75. The SMILES string of the molecule is Cc1cccc(-c2nc(Cl)c(CCO)[nH]2)c1. The van der Waals surface area contributed by atoms with E-state index in [1.165, 1.54) is 5.56 Å². The van der Waals surface area contributed by atoms with E-state index in [-0.39, 0.29) is 6.61 Å². The largest absolute Gasteiger partial charge is 0.396 e. The summed E-state index contributed by atoms with van der Waals surface area (Å²) in [5.41, 5.74) is 2.96. The van der Waals surface area contributed by atoms with Gasteiger partial charge in [0, 0.05) is 18.6 Å². The van der Waals surface area contributed by atoms with Crippen molar-refractivity contribution in [3.63, 3.8) is 0 Å². The van der Waals surface area contributed by atoms with Gasteiger partial charge in [-0.2, -0.15) is 0 Å². The van der Waals surface area contributed by atoms with Gasteiger partial charge in [-0.15, -0.1) is 0 Å². The topological polar surface area (TPSA) is 48.9 Å². The van der Waals surface area contributed by atoms with E-state index >= 15 is 0 Å². The normalized spacial score (nSPS) is 10.7. The van der Waals surface area contributed by atoms with Crippen molar-refractivity contribution in [2.24, 2.45) is 0 Å². The highest BCUT2D eigenvalue weighted by Crippen LogP contribution is 2.22. The van der Waals surface area contributed by atoms with E-state index in [0.29, 0.717) is 11.6 Å². The smallest absolute Gasteiger partial charge is 0.150 e. The fraction of sp³-hybridized carbons (Fsp3) is 0.250. The molecular weight excluding hydrogens is 224 g/mol. The van der Waals surface area contributed by atoms with E-state index < -0.39 is 0 Å². The zero-order valence-electron chi connectivity index (χ0n) is 9.00. The van der Waals surface area contributed by atoms with E-state index in [0.717, 1.165) is 17.1 Å². The molecule has 1 aromatic carbocycles. The van der Waals surface area contributed by atoms with Crippen LogP contribution in [0.1, 0.15) is 11.3 Å². The molecule has 0 aliphatic rings. The summed E-state index contributed by atoms with van der Waals surface area (Å²) in [4.78, 5) is 7.36. The number of nitrogens with one attached hydrogen (secondary N) is 1. The molecule has 0 bridgehead atoms. The molecule has 0 radical (unpaired) electrons. The van der Waals surface area contributed by atoms with E-state index in [9.17, 15) is 0 Å². The van der Waals surface area contributed by atoms with Crippen molar-refractivity contribution in [1.82, 2.24) is 9.97 Å². The Hall–Kier alpha value is -1.32. The summed E-state index contributed by atoms with van der Waals surface area (Å²) in [6, 6.07) is 8.03. The van der Waals surface area contributed by atoms with Gasteiger partial charge in [-0.3, -0.25) is 0 Å². The number of imidazole rings is 1. The molecule has 16 heavy (non-hydrogen) atoms.